The van der Waals surface area contributed by atoms with Crippen LogP contribution in [-0.4, -0.2) is 24.0 Å². The molecule has 2 heterocycles. The Morgan fingerprint density at radius 3 is 2.86 bits per heavy atom. The largest absolute Gasteiger partial charge is 0.497 e. The lowest BCUT2D eigenvalue weighted by Gasteiger charge is -2.02. The molecular formula is C14H8Cl2N2O3S. The van der Waals surface area contributed by atoms with Crippen LogP contribution in [0.25, 0.3) is 6.08 Å². The first kappa shape index (κ1) is 15.0. The molecular weight excluding hydrogens is 347 g/mol. The minimum Gasteiger partial charge on any atom is -0.497 e. The van der Waals surface area contributed by atoms with E-state index >= 15 is 0 Å². The van der Waals surface area contributed by atoms with Gasteiger partial charge in [0.1, 0.15) is 10.9 Å². The van der Waals surface area contributed by atoms with Crippen molar-refractivity contribution in [2.24, 2.45) is 4.99 Å². The average Bonchev–Trinajstić information content (AvgIpc) is 3.02. The number of methoxy groups -OCH3 is 1. The molecule has 0 amide bonds. The van der Waals surface area contributed by atoms with Gasteiger partial charge in [-0.15, -0.1) is 11.3 Å². The van der Waals surface area contributed by atoms with Crippen molar-refractivity contribution in [3.63, 3.8) is 0 Å². The Labute approximate surface area is 139 Å². The lowest BCUT2D eigenvalue weighted by atomic mass is 10.2. The van der Waals surface area contributed by atoms with E-state index in [2.05, 4.69) is 9.98 Å². The van der Waals surface area contributed by atoms with Crippen LogP contribution in [0, 0.1) is 0 Å². The molecule has 3 rings (SSSR count). The van der Waals surface area contributed by atoms with Crippen LogP contribution in [0.3, 0.4) is 0 Å². The molecule has 0 bridgehead atoms. The van der Waals surface area contributed by atoms with E-state index in [-0.39, 0.29) is 16.7 Å². The smallest absolute Gasteiger partial charge is 0.363 e. The zero-order valence-electron chi connectivity index (χ0n) is 11.2. The molecule has 0 aliphatic carbocycles. The maximum atomic E-state index is 11.9. The fourth-order valence-corrected chi connectivity index (χ4v) is 3.09. The van der Waals surface area contributed by atoms with Crippen LogP contribution in [0.1, 0.15) is 10.4 Å². The highest BCUT2D eigenvalue weighted by molar-refractivity contribution is 7.17. The van der Waals surface area contributed by atoms with Gasteiger partial charge in [-0.05, 0) is 24.3 Å². The molecule has 1 aliphatic heterocycles. The van der Waals surface area contributed by atoms with Gasteiger partial charge in [-0.1, -0.05) is 29.3 Å². The first-order valence-corrected chi connectivity index (χ1v) is 7.63. The van der Waals surface area contributed by atoms with Crippen LogP contribution in [0.5, 0.6) is 5.75 Å². The van der Waals surface area contributed by atoms with Crippen LogP contribution in [-0.2, 0) is 9.53 Å². The molecule has 0 radical (unpaired) electrons. The van der Waals surface area contributed by atoms with E-state index in [1.54, 1.807) is 31.4 Å². The summed E-state index contributed by atoms with van der Waals surface area (Å²) < 4.78 is 10.6. The minimum atomic E-state index is -0.557. The topological polar surface area (TPSA) is 60.8 Å². The Morgan fingerprint density at radius 2 is 2.18 bits per heavy atom. The SMILES string of the molecule is COc1cccc(C2=N/C(=C/c3sc(Cl)nc3Cl)C(=O)O2)c1. The zero-order valence-corrected chi connectivity index (χ0v) is 13.5. The number of carbonyl (C=O) groups is 1. The van der Waals surface area contributed by atoms with Gasteiger partial charge >= 0.3 is 5.97 Å². The maximum absolute atomic E-state index is 11.9. The van der Waals surface area contributed by atoms with Crippen molar-refractivity contribution in [2.75, 3.05) is 7.11 Å². The highest BCUT2D eigenvalue weighted by atomic mass is 35.5. The van der Waals surface area contributed by atoms with Gasteiger partial charge in [0.2, 0.25) is 5.90 Å². The zero-order chi connectivity index (χ0) is 15.7. The number of carbonyl (C=O) groups excluding carboxylic acids is 1. The van der Waals surface area contributed by atoms with Crippen LogP contribution >= 0.6 is 34.5 Å². The number of hydrogen-bond acceptors (Lipinski definition) is 6. The van der Waals surface area contributed by atoms with Crippen LogP contribution in [0.4, 0.5) is 0 Å². The number of benzene rings is 1. The number of thiazole rings is 1. The standard InChI is InChI=1S/C14H8Cl2N2O3S/c1-20-8-4-2-3-7(5-8)12-17-9(13(19)21-12)6-10-11(15)18-14(16)22-10/h2-6H,1H3/b9-6+. The Kier molecular flexibility index (Phi) is 4.15. The maximum Gasteiger partial charge on any atom is 0.363 e. The van der Waals surface area contributed by atoms with Gasteiger partial charge in [0.15, 0.2) is 10.2 Å². The van der Waals surface area contributed by atoms with Crippen molar-refractivity contribution in [3.05, 3.63) is 50.0 Å². The van der Waals surface area contributed by atoms with Crippen molar-refractivity contribution < 1.29 is 14.3 Å². The summed E-state index contributed by atoms with van der Waals surface area (Å²) in [6.45, 7) is 0. The quantitative estimate of drug-likeness (QED) is 0.621. The van der Waals surface area contributed by atoms with E-state index in [1.165, 1.54) is 6.08 Å². The summed E-state index contributed by atoms with van der Waals surface area (Å²) in [6, 6.07) is 7.07. The molecule has 5 nitrogen and oxygen atoms in total. The Hall–Kier alpha value is -1.89. The molecule has 0 saturated carbocycles. The number of esters is 1. The molecule has 0 spiro atoms. The first-order valence-electron chi connectivity index (χ1n) is 6.05. The molecule has 1 aromatic heterocycles. The second kappa shape index (κ2) is 6.08. The molecule has 0 fully saturated rings. The van der Waals surface area contributed by atoms with Crippen LogP contribution in [0.15, 0.2) is 35.0 Å². The van der Waals surface area contributed by atoms with Crippen LogP contribution < -0.4 is 4.74 Å². The predicted octanol–water partition coefficient (Wildman–Crippen LogP) is 3.80. The summed E-state index contributed by atoms with van der Waals surface area (Å²) in [5.74, 6) is 0.297. The number of hydrogen-bond donors (Lipinski definition) is 0. The van der Waals surface area contributed by atoms with Gasteiger partial charge < -0.3 is 9.47 Å². The number of rotatable bonds is 3. The average molecular weight is 355 g/mol. The van der Waals surface area contributed by atoms with Gasteiger partial charge in [-0.25, -0.2) is 14.8 Å². The van der Waals surface area contributed by atoms with E-state index in [1.807, 2.05) is 0 Å². The summed E-state index contributed by atoms with van der Waals surface area (Å²) in [5, 5.41) is 0.223. The van der Waals surface area contributed by atoms with E-state index < -0.39 is 5.97 Å². The Bertz CT molecular complexity index is 814. The number of cyclic esters (lactones) is 1. The summed E-state index contributed by atoms with van der Waals surface area (Å²) in [6.07, 6.45) is 1.50. The van der Waals surface area contributed by atoms with Crippen molar-refractivity contribution in [1.82, 2.24) is 4.98 Å². The number of aromatic nitrogens is 1. The molecule has 2 aromatic rings. The fraction of sp³-hybridized carbons (Fsp3) is 0.0714. The van der Waals surface area contributed by atoms with Crippen molar-refractivity contribution >= 4 is 52.5 Å². The van der Waals surface area contributed by atoms with Crippen LogP contribution in [0.2, 0.25) is 9.62 Å². The lowest BCUT2D eigenvalue weighted by Crippen LogP contribution is -2.05. The second-order valence-corrected chi connectivity index (χ2v) is 6.16. The summed E-state index contributed by atoms with van der Waals surface area (Å²) >= 11 is 12.8. The van der Waals surface area contributed by atoms with Gasteiger partial charge in [0, 0.05) is 5.56 Å². The third-order valence-electron chi connectivity index (χ3n) is 2.79. The third-order valence-corrected chi connectivity index (χ3v) is 4.30. The highest BCUT2D eigenvalue weighted by Crippen LogP contribution is 2.30. The molecule has 1 aliphatic rings. The van der Waals surface area contributed by atoms with Crippen molar-refractivity contribution in [3.8, 4) is 5.75 Å². The molecule has 0 atom stereocenters. The monoisotopic (exact) mass is 354 g/mol. The summed E-state index contributed by atoms with van der Waals surface area (Å²) in [4.78, 5) is 20.5. The molecule has 22 heavy (non-hydrogen) atoms. The Balaban J connectivity index is 1.96. The number of aliphatic imine (C=N–C) groups is 1. The minimum absolute atomic E-state index is 0.139. The van der Waals surface area contributed by atoms with Crippen molar-refractivity contribution in [1.29, 1.82) is 0 Å². The van der Waals surface area contributed by atoms with E-state index in [4.69, 9.17) is 32.7 Å². The molecule has 8 heteroatoms. The second-order valence-electron chi connectivity index (χ2n) is 4.19. The lowest BCUT2D eigenvalue weighted by molar-refractivity contribution is -0.129. The highest BCUT2D eigenvalue weighted by Gasteiger charge is 2.25. The molecule has 112 valence electrons. The van der Waals surface area contributed by atoms with Gasteiger partial charge in [-0.2, -0.15) is 0 Å². The van der Waals surface area contributed by atoms with Gasteiger partial charge in [-0.3, -0.25) is 0 Å². The third kappa shape index (κ3) is 2.99. The molecule has 0 N–H and O–H groups in total. The fourth-order valence-electron chi connectivity index (χ4n) is 1.79. The summed E-state index contributed by atoms with van der Waals surface area (Å²) in [5.41, 5.74) is 0.782. The molecule has 0 unspecified atom stereocenters. The predicted molar refractivity (Wildman–Crippen MR) is 85.7 cm³/mol. The van der Waals surface area contributed by atoms with E-state index in [0.29, 0.717) is 20.7 Å². The summed E-state index contributed by atoms with van der Waals surface area (Å²) in [7, 11) is 1.56. The number of halogens is 2. The van der Waals surface area contributed by atoms with E-state index in [0.717, 1.165) is 11.3 Å². The van der Waals surface area contributed by atoms with Gasteiger partial charge in [0.05, 0.1) is 12.0 Å². The first-order chi connectivity index (χ1) is 10.6. The molecule has 1 aromatic carbocycles. The van der Waals surface area contributed by atoms with E-state index in [9.17, 15) is 4.79 Å². The number of ether oxygens (including phenoxy) is 2. The normalized spacial score (nSPS) is 15.9. The number of nitrogens with zero attached hydrogens (tertiary/aromatic N) is 2. The Morgan fingerprint density at radius 1 is 1.36 bits per heavy atom. The molecule has 0 saturated heterocycles. The van der Waals surface area contributed by atoms with Gasteiger partial charge in [0.25, 0.3) is 0 Å². The van der Waals surface area contributed by atoms with Crippen molar-refractivity contribution in [2.45, 2.75) is 0 Å².